The summed E-state index contributed by atoms with van der Waals surface area (Å²) < 4.78 is 5.44. The maximum absolute atomic E-state index is 13.1. The first-order chi connectivity index (χ1) is 13.1. The van der Waals surface area contributed by atoms with Gasteiger partial charge in [0.15, 0.2) is 12.1 Å². The first kappa shape index (κ1) is 17.5. The second kappa shape index (κ2) is 7.03. The molecule has 2 heterocycles. The highest BCUT2D eigenvalue weighted by molar-refractivity contribution is 7.98. The minimum absolute atomic E-state index is 0.317. The monoisotopic (exact) mass is 382 g/mol. The van der Waals surface area contributed by atoms with Crippen LogP contribution in [0.4, 0.5) is 11.4 Å². The van der Waals surface area contributed by atoms with Gasteiger partial charge in [-0.25, -0.2) is 9.91 Å². The van der Waals surface area contributed by atoms with E-state index in [2.05, 4.69) is 10.3 Å². The van der Waals surface area contributed by atoms with Crippen LogP contribution in [0, 0.1) is 0 Å². The van der Waals surface area contributed by atoms with Gasteiger partial charge in [0.1, 0.15) is 5.75 Å². The highest BCUT2D eigenvalue weighted by Gasteiger charge is 2.55. The number of hydrogen-bond acceptors (Lipinski definition) is 7. The lowest BCUT2D eigenvalue weighted by Crippen LogP contribution is -2.39. The Morgan fingerprint density at radius 1 is 1.07 bits per heavy atom. The largest absolute Gasteiger partial charge is 0.494 e. The van der Waals surface area contributed by atoms with Crippen molar-refractivity contribution in [3.8, 4) is 5.75 Å². The number of rotatable bonds is 5. The van der Waals surface area contributed by atoms with Crippen molar-refractivity contribution in [2.75, 3.05) is 22.8 Å². The van der Waals surface area contributed by atoms with Gasteiger partial charge in [-0.2, -0.15) is 5.11 Å². The van der Waals surface area contributed by atoms with Gasteiger partial charge in [-0.3, -0.25) is 9.59 Å². The number of fused-ring (bicyclic) bond motifs is 1. The van der Waals surface area contributed by atoms with Gasteiger partial charge in [-0.05, 0) is 55.6 Å². The maximum atomic E-state index is 13.1. The van der Waals surface area contributed by atoms with Crippen molar-refractivity contribution in [2.45, 2.75) is 23.9 Å². The van der Waals surface area contributed by atoms with Crippen LogP contribution in [0.25, 0.3) is 0 Å². The predicted molar refractivity (Wildman–Crippen MR) is 103 cm³/mol. The summed E-state index contributed by atoms with van der Waals surface area (Å²) in [5, 5.41) is 9.65. The van der Waals surface area contributed by atoms with Crippen LogP contribution in [-0.4, -0.2) is 36.8 Å². The summed E-state index contributed by atoms with van der Waals surface area (Å²) in [6.07, 6.45) is 1.95. The highest BCUT2D eigenvalue weighted by Crippen LogP contribution is 2.36. The molecule has 0 aromatic heterocycles. The zero-order valence-electron chi connectivity index (χ0n) is 14.9. The quantitative estimate of drug-likeness (QED) is 0.586. The second-order valence-electron chi connectivity index (χ2n) is 6.08. The highest BCUT2D eigenvalue weighted by atomic mass is 32.2. The fourth-order valence-corrected chi connectivity index (χ4v) is 3.69. The molecule has 1 saturated heterocycles. The molecule has 0 unspecified atom stereocenters. The number of benzene rings is 2. The summed E-state index contributed by atoms with van der Waals surface area (Å²) in [6.45, 7) is 2.49. The topological polar surface area (TPSA) is 74.6 Å². The van der Waals surface area contributed by atoms with Gasteiger partial charge in [-0.1, -0.05) is 11.3 Å². The molecule has 0 saturated carbocycles. The van der Waals surface area contributed by atoms with Crippen molar-refractivity contribution in [3.63, 3.8) is 0 Å². The number of thioether (sulfide) groups is 1. The standard InChI is InChI=1S/C19H18N4O3S/c1-3-26-14-9-7-12(8-10-14)23-17-16(20-21-23)18(24)22(19(17)25)13-5-4-6-15(11-13)27-2/h4-11,16-17H,3H2,1-2H3/t16-,17+/m0/s1. The summed E-state index contributed by atoms with van der Waals surface area (Å²) >= 11 is 1.55. The van der Waals surface area contributed by atoms with Gasteiger partial charge in [0.25, 0.3) is 11.8 Å². The molecule has 0 aliphatic carbocycles. The van der Waals surface area contributed by atoms with Gasteiger partial charge < -0.3 is 4.74 Å². The molecule has 8 heteroatoms. The van der Waals surface area contributed by atoms with Crippen LogP contribution in [0.15, 0.2) is 63.8 Å². The molecule has 0 bridgehead atoms. The molecule has 2 atom stereocenters. The van der Waals surface area contributed by atoms with Crippen molar-refractivity contribution in [1.29, 1.82) is 0 Å². The number of amides is 2. The molecule has 27 heavy (non-hydrogen) atoms. The zero-order valence-corrected chi connectivity index (χ0v) is 15.7. The lowest BCUT2D eigenvalue weighted by atomic mass is 10.1. The third kappa shape index (κ3) is 2.95. The normalized spacial score (nSPS) is 21.1. The Balaban J connectivity index is 1.63. The van der Waals surface area contributed by atoms with Gasteiger partial charge in [-0.15, -0.1) is 11.8 Å². The number of carbonyl (C=O) groups is 2. The average Bonchev–Trinajstić information content (AvgIpc) is 3.23. The van der Waals surface area contributed by atoms with E-state index < -0.39 is 12.1 Å². The first-order valence-corrected chi connectivity index (χ1v) is 9.81. The number of ether oxygens (including phenoxy) is 1. The first-order valence-electron chi connectivity index (χ1n) is 8.58. The zero-order chi connectivity index (χ0) is 19.0. The SMILES string of the molecule is CCOc1ccc(N2N=N[C@@H]3C(=O)N(c4cccc(SC)c4)C(=O)[C@@H]32)cc1. The summed E-state index contributed by atoms with van der Waals surface area (Å²) in [5.41, 5.74) is 1.25. The molecule has 0 spiro atoms. The van der Waals surface area contributed by atoms with Crippen molar-refractivity contribution >= 4 is 35.0 Å². The van der Waals surface area contributed by atoms with Crippen LogP contribution in [0.1, 0.15) is 6.92 Å². The Morgan fingerprint density at radius 2 is 1.85 bits per heavy atom. The van der Waals surface area contributed by atoms with E-state index in [0.29, 0.717) is 18.0 Å². The van der Waals surface area contributed by atoms with Crippen LogP contribution < -0.4 is 14.6 Å². The number of anilines is 2. The van der Waals surface area contributed by atoms with Gasteiger partial charge >= 0.3 is 0 Å². The van der Waals surface area contributed by atoms with E-state index in [4.69, 9.17) is 4.74 Å². The summed E-state index contributed by atoms with van der Waals surface area (Å²) in [7, 11) is 0. The molecular formula is C19H18N4O3S. The van der Waals surface area contributed by atoms with E-state index in [0.717, 1.165) is 10.6 Å². The molecule has 7 nitrogen and oxygen atoms in total. The molecule has 138 valence electrons. The summed E-state index contributed by atoms with van der Waals surface area (Å²) in [4.78, 5) is 28.1. The molecule has 2 amide bonds. The Kier molecular flexibility index (Phi) is 4.57. The fraction of sp³-hybridized carbons (Fsp3) is 0.263. The van der Waals surface area contributed by atoms with Crippen LogP contribution in [0.2, 0.25) is 0 Å². The molecule has 2 aliphatic heterocycles. The van der Waals surface area contributed by atoms with Crippen LogP contribution >= 0.6 is 11.8 Å². The third-order valence-electron chi connectivity index (χ3n) is 4.51. The van der Waals surface area contributed by atoms with E-state index in [1.807, 2.05) is 43.5 Å². The molecule has 1 fully saturated rings. The Morgan fingerprint density at radius 3 is 2.56 bits per heavy atom. The molecule has 0 N–H and O–H groups in total. The van der Waals surface area contributed by atoms with E-state index in [-0.39, 0.29) is 11.8 Å². The maximum Gasteiger partial charge on any atom is 0.263 e. The van der Waals surface area contributed by atoms with Crippen molar-refractivity contribution < 1.29 is 14.3 Å². The van der Waals surface area contributed by atoms with E-state index in [9.17, 15) is 9.59 Å². The van der Waals surface area contributed by atoms with E-state index in [1.54, 1.807) is 30.0 Å². The van der Waals surface area contributed by atoms with E-state index in [1.165, 1.54) is 9.91 Å². The summed E-state index contributed by atoms with van der Waals surface area (Å²) in [5.74, 6) is 0.0702. The van der Waals surface area contributed by atoms with Gasteiger partial charge in [0.05, 0.1) is 18.0 Å². The van der Waals surface area contributed by atoms with E-state index >= 15 is 0 Å². The van der Waals surface area contributed by atoms with Crippen LogP contribution in [-0.2, 0) is 9.59 Å². The fourth-order valence-electron chi connectivity index (χ4n) is 3.24. The van der Waals surface area contributed by atoms with Crippen LogP contribution in [0.3, 0.4) is 0 Å². The molecule has 2 aromatic carbocycles. The summed E-state index contributed by atoms with van der Waals surface area (Å²) in [6, 6.07) is 13.0. The van der Waals surface area contributed by atoms with Gasteiger partial charge in [0.2, 0.25) is 0 Å². The van der Waals surface area contributed by atoms with Gasteiger partial charge in [0, 0.05) is 4.90 Å². The number of hydrogen-bond donors (Lipinski definition) is 0. The lowest BCUT2D eigenvalue weighted by molar-refractivity contribution is -0.121. The molecule has 2 aromatic rings. The Bertz CT molecular complexity index is 915. The van der Waals surface area contributed by atoms with Crippen molar-refractivity contribution in [3.05, 3.63) is 48.5 Å². The lowest BCUT2D eigenvalue weighted by Gasteiger charge is -2.21. The minimum atomic E-state index is -0.818. The number of imide groups is 1. The number of carbonyl (C=O) groups excluding carboxylic acids is 2. The van der Waals surface area contributed by atoms with Crippen molar-refractivity contribution in [1.82, 2.24) is 0 Å². The smallest absolute Gasteiger partial charge is 0.263 e. The minimum Gasteiger partial charge on any atom is -0.494 e. The number of nitrogens with zero attached hydrogens (tertiary/aromatic N) is 4. The second-order valence-corrected chi connectivity index (χ2v) is 6.96. The third-order valence-corrected chi connectivity index (χ3v) is 5.23. The van der Waals surface area contributed by atoms with Crippen molar-refractivity contribution in [2.24, 2.45) is 10.3 Å². The van der Waals surface area contributed by atoms with Crippen LogP contribution in [0.5, 0.6) is 5.75 Å². The molecular weight excluding hydrogens is 364 g/mol. The Labute approximate surface area is 161 Å². The Hall–Kier alpha value is -2.87. The predicted octanol–water partition coefficient (Wildman–Crippen LogP) is 3.31. The average molecular weight is 382 g/mol. The molecule has 0 radical (unpaired) electrons. The molecule has 2 aliphatic rings. The molecule has 4 rings (SSSR count).